The summed E-state index contributed by atoms with van der Waals surface area (Å²) in [7, 11) is 0. The molecule has 0 amide bonds. The lowest BCUT2D eigenvalue weighted by molar-refractivity contribution is 0.134. The van der Waals surface area contributed by atoms with Crippen molar-refractivity contribution in [2.45, 2.75) is 33.2 Å². The Kier molecular flexibility index (Phi) is 4.96. The highest BCUT2D eigenvalue weighted by Gasteiger charge is 2.20. The van der Waals surface area contributed by atoms with Gasteiger partial charge < -0.3 is 14.6 Å². The maximum Gasteiger partial charge on any atom is 0.293 e. The fourth-order valence-corrected chi connectivity index (χ4v) is 1.88. The smallest absolute Gasteiger partial charge is 0.293 e. The molecule has 0 unspecified atom stereocenters. The summed E-state index contributed by atoms with van der Waals surface area (Å²) in [6.07, 6.45) is 6.00. The Balaban J connectivity index is 1.79. The molecule has 106 valence electrons. The standard InChI is InChI=1S/C14H23N3O2/c1-11(2)9-17-7-5-15-13(14(17)18)16-6-8-19-10-12-3-4-12/h5,7,11-12H,3-4,6,8-10H2,1-2H3,(H,15,16). The third-order valence-electron chi connectivity index (χ3n) is 3.06. The maximum absolute atomic E-state index is 12.1. The van der Waals surface area contributed by atoms with Crippen LogP contribution in [0.1, 0.15) is 26.7 Å². The zero-order valence-electron chi connectivity index (χ0n) is 11.8. The monoisotopic (exact) mass is 265 g/mol. The molecule has 2 rings (SSSR count). The second-order valence-corrected chi connectivity index (χ2v) is 5.57. The molecule has 0 bridgehead atoms. The van der Waals surface area contributed by atoms with Crippen LogP contribution in [0, 0.1) is 11.8 Å². The molecule has 0 saturated heterocycles. The summed E-state index contributed by atoms with van der Waals surface area (Å²) in [6.45, 7) is 6.99. The molecule has 0 aliphatic heterocycles. The van der Waals surface area contributed by atoms with E-state index in [0.29, 0.717) is 31.4 Å². The van der Waals surface area contributed by atoms with Gasteiger partial charge in [0.25, 0.3) is 5.56 Å². The second-order valence-electron chi connectivity index (χ2n) is 5.57. The van der Waals surface area contributed by atoms with E-state index in [2.05, 4.69) is 24.1 Å². The molecule has 0 spiro atoms. The summed E-state index contributed by atoms with van der Waals surface area (Å²) in [6, 6.07) is 0. The van der Waals surface area contributed by atoms with Crippen LogP contribution in [0.4, 0.5) is 5.82 Å². The molecule has 0 radical (unpaired) electrons. The molecule has 0 atom stereocenters. The topological polar surface area (TPSA) is 56.1 Å². The van der Waals surface area contributed by atoms with Gasteiger partial charge in [-0.3, -0.25) is 4.79 Å². The highest BCUT2D eigenvalue weighted by Crippen LogP contribution is 2.28. The Morgan fingerprint density at radius 3 is 3.00 bits per heavy atom. The molecule has 1 aliphatic rings. The van der Waals surface area contributed by atoms with Crippen molar-refractivity contribution < 1.29 is 4.74 Å². The van der Waals surface area contributed by atoms with Crippen LogP contribution in [-0.2, 0) is 11.3 Å². The Morgan fingerprint density at radius 2 is 2.32 bits per heavy atom. The number of rotatable bonds is 8. The summed E-state index contributed by atoms with van der Waals surface area (Å²) in [5.74, 6) is 1.63. The van der Waals surface area contributed by atoms with E-state index in [9.17, 15) is 4.79 Å². The van der Waals surface area contributed by atoms with Gasteiger partial charge in [0.15, 0.2) is 5.82 Å². The zero-order valence-corrected chi connectivity index (χ0v) is 11.8. The highest BCUT2D eigenvalue weighted by atomic mass is 16.5. The number of nitrogens with one attached hydrogen (secondary N) is 1. The highest BCUT2D eigenvalue weighted by molar-refractivity contribution is 5.30. The van der Waals surface area contributed by atoms with E-state index in [1.165, 1.54) is 12.8 Å². The number of anilines is 1. The third kappa shape index (κ3) is 4.67. The molecule has 1 aromatic heterocycles. The molecular formula is C14H23N3O2. The minimum Gasteiger partial charge on any atom is -0.379 e. The minimum absolute atomic E-state index is 0.0570. The predicted molar refractivity (Wildman–Crippen MR) is 75.4 cm³/mol. The Morgan fingerprint density at radius 1 is 1.53 bits per heavy atom. The number of nitrogens with zero attached hydrogens (tertiary/aromatic N) is 2. The van der Waals surface area contributed by atoms with Crippen LogP contribution in [-0.4, -0.2) is 29.3 Å². The van der Waals surface area contributed by atoms with E-state index in [0.717, 1.165) is 12.5 Å². The van der Waals surface area contributed by atoms with Crippen LogP contribution in [0.2, 0.25) is 0 Å². The van der Waals surface area contributed by atoms with Crippen molar-refractivity contribution in [2.24, 2.45) is 11.8 Å². The minimum atomic E-state index is -0.0570. The van der Waals surface area contributed by atoms with Gasteiger partial charge in [-0.2, -0.15) is 0 Å². The van der Waals surface area contributed by atoms with Gasteiger partial charge in [-0.05, 0) is 24.7 Å². The lowest BCUT2D eigenvalue weighted by atomic mass is 10.2. The Labute approximate surface area is 114 Å². The Bertz CT molecular complexity index is 452. The SMILES string of the molecule is CC(C)Cn1ccnc(NCCOCC2CC2)c1=O. The fourth-order valence-electron chi connectivity index (χ4n) is 1.88. The molecular weight excluding hydrogens is 242 g/mol. The van der Waals surface area contributed by atoms with Crippen LogP contribution in [0.15, 0.2) is 17.2 Å². The molecule has 1 aromatic rings. The number of ether oxygens (including phenoxy) is 1. The average Bonchev–Trinajstić information content (AvgIpc) is 3.16. The van der Waals surface area contributed by atoms with Gasteiger partial charge in [-0.15, -0.1) is 0 Å². The van der Waals surface area contributed by atoms with Crippen LogP contribution >= 0.6 is 0 Å². The van der Waals surface area contributed by atoms with Crippen molar-refractivity contribution in [1.82, 2.24) is 9.55 Å². The quantitative estimate of drug-likeness (QED) is 0.727. The first-order valence-corrected chi connectivity index (χ1v) is 7.04. The average molecular weight is 265 g/mol. The molecule has 5 nitrogen and oxygen atoms in total. The molecule has 1 aliphatic carbocycles. The Hall–Kier alpha value is -1.36. The van der Waals surface area contributed by atoms with Crippen LogP contribution in [0.25, 0.3) is 0 Å². The first-order chi connectivity index (χ1) is 9.16. The largest absolute Gasteiger partial charge is 0.379 e. The van der Waals surface area contributed by atoms with Crippen LogP contribution < -0.4 is 10.9 Å². The van der Waals surface area contributed by atoms with E-state index in [-0.39, 0.29) is 5.56 Å². The summed E-state index contributed by atoms with van der Waals surface area (Å²) in [4.78, 5) is 16.2. The van der Waals surface area contributed by atoms with Gasteiger partial charge in [0.05, 0.1) is 6.61 Å². The van der Waals surface area contributed by atoms with Crippen molar-refractivity contribution in [3.63, 3.8) is 0 Å². The second kappa shape index (κ2) is 6.70. The summed E-state index contributed by atoms with van der Waals surface area (Å²) in [5.41, 5.74) is -0.0570. The van der Waals surface area contributed by atoms with E-state index < -0.39 is 0 Å². The lowest BCUT2D eigenvalue weighted by Gasteiger charge is -2.10. The summed E-state index contributed by atoms with van der Waals surface area (Å²) >= 11 is 0. The molecule has 1 fully saturated rings. The fraction of sp³-hybridized carbons (Fsp3) is 0.714. The van der Waals surface area contributed by atoms with Gasteiger partial charge >= 0.3 is 0 Å². The van der Waals surface area contributed by atoms with Crippen LogP contribution in [0.3, 0.4) is 0 Å². The summed E-state index contributed by atoms with van der Waals surface area (Å²) < 4.78 is 7.21. The van der Waals surface area contributed by atoms with Crippen molar-refractivity contribution in [3.05, 3.63) is 22.7 Å². The molecule has 1 saturated carbocycles. The van der Waals surface area contributed by atoms with Crippen molar-refractivity contribution in [1.29, 1.82) is 0 Å². The molecule has 5 heteroatoms. The van der Waals surface area contributed by atoms with Crippen LogP contribution in [0.5, 0.6) is 0 Å². The van der Waals surface area contributed by atoms with Gasteiger partial charge in [0.2, 0.25) is 0 Å². The molecule has 19 heavy (non-hydrogen) atoms. The van der Waals surface area contributed by atoms with Gasteiger partial charge in [-0.25, -0.2) is 4.98 Å². The maximum atomic E-state index is 12.1. The van der Waals surface area contributed by atoms with Gasteiger partial charge in [0.1, 0.15) is 0 Å². The van der Waals surface area contributed by atoms with Crippen molar-refractivity contribution >= 4 is 5.82 Å². The molecule has 0 aromatic carbocycles. The zero-order chi connectivity index (χ0) is 13.7. The summed E-state index contributed by atoms with van der Waals surface area (Å²) in [5, 5.41) is 3.05. The molecule has 1 heterocycles. The number of aromatic nitrogens is 2. The van der Waals surface area contributed by atoms with Gasteiger partial charge in [0, 0.05) is 32.1 Å². The third-order valence-corrected chi connectivity index (χ3v) is 3.06. The van der Waals surface area contributed by atoms with Crippen molar-refractivity contribution in [2.75, 3.05) is 25.1 Å². The van der Waals surface area contributed by atoms with E-state index in [1.54, 1.807) is 17.0 Å². The van der Waals surface area contributed by atoms with E-state index in [1.807, 2.05) is 0 Å². The first kappa shape index (κ1) is 14.1. The van der Waals surface area contributed by atoms with E-state index in [4.69, 9.17) is 4.74 Å². The lowest BCUT2D eigenvalue weighted by Crippen LogP contribution is -2.27. The predicted octanol–water partition coefficient (Wildman–Crippen LogP) is 1.74. The number of hydrogen-bond donors (Lipinski definition) is 1. The normalized spacial score (nSPS) is 14.9. The first-order valence-electron chi connectivity index (χ1n) is 7.04. The van der Waals surface area contributed by atoms with Gasteiger partial charge in [-0.1, -0.05) is 13.8 Å². The van der Waals surface area contributed by atoms with E-state index >= 15 is 0 Å². The molecule has 1 N–H and O–H groups in total. The number of hydrogen-bond acceptors (Lipinski definition) is 4. The van der Waals surface area contributed by atoms with Crippen molar-refractivity contribution in [3.8, 4) is 0 Å².